The van der Waals surface area contributed by atoms with E-state index in [1.54, 1.807) is 0 Å². The number of benzene rings is 4. The molecule has 0 saturated heterocycles. The van der Waals surface area contributed by atoms with Crippen LogP contribution in [-0.2, 0) is 0 Å². The molecule has 0 bridgehead atoms. The highest BCUT2D eigenvalue weighted by Gasteiger charge is 2.36. The summed E-state index contributed by atoms with van der Waals surface area (Å²) in [6, 6.07) is 50.7. The Labute approximate surface area is 270 Å². The van der Waals surface area contributed by atoms with Gasteiger partial charge in [0.05, 0.1) is 34.5 Å². The average Bonchev–Trinajstić information content (AvgIpc) is 3.28. The SMILES string of the molecule is CC1c2nc(-c3ccccc3)ccc2C=CC2C(c3cc(-c4ccccc4)cc(-c4ccccc4)n3)=CC(c3ccccc3)=NC21. The normalized spacial score (nSPS) is 18.5. The standard InChI is InChI=1S/C43H33N3/c1-29-42-34(23-25-38(45-42)31-16-8-3-9-17-31)22-24-36-37(28-40(46-43(29)36)33-20-12-5-13-21-33)41-27-35(30-14-6-2-7-15-30)26-39(44-41)32-18-10-4-11-19-32/h2-29,36,43H,1H3. The van der Waals surface area contributed by atoms with Gasteiger partial charge in [-0.05, 0) is 52.1 Å². The Bertz CT molecular complexity index is 2040. The molecule has 3 atom stereocenters. The molecule has 3 heteroatoms. The summed E-state index contributed by atoms with van der Waals surface area (Å²) in [7, 11) is 0. The van der Waals surface area contributed by atoms with Gasteiger partial charge in [0.1, 0.15) is 0 Å². The molecule has 2 aliphatic rings. The fourth-order valence-corrected chi connectivity index (χ4v) is 6.72. The molecule has 3 unspecified atom stereocenters. The predicted octanol–water partition coefficient (Wildman–Crippen LogP) is 10.2. The zero-order valence-corrected chi connectivity index (χ0v) is 25.7. The van der Waals surface area contributed by atoms with Crippen molar-refractivity contribution in [3.05, 3.63) is 180 Å². The number of nitrogens with zero attached hydrogens (tertiary/aromatic N) is 3. The maximum atomic E-state index is 5.47. The Balaban J connectivity index is 1.30. The minimum atomic E-state index is -0.0476. The van der Waals surface area contributed by atoms with Gasteiger partial charge in [-0.3, -0.25) is 9.98 Å². The Morgan fingerprint density at radius 2 is 1.07 bits per heavy atom. The smallest absolute Gasteiger partial charge is 0.0715 e. The van der Waals surface area contributed by atoms with E-state index in [4.69, 9.17) is 15.0 Å². The number of allylic oxidation sites excluding steroid dienone is 1. The highest BCUT2D eigenvalue weighted by Crippen LogP contribution is 2.43. The van der Waals surface area contributed by atoms with Crippen LogP contribution in [0, 0.1) is 5.92 Å². The summed E-state index contributed by atoms with van der Waals surface area (Å²) in [6.07, 6.45) is 6.83. The molecule has 0 fully saturated rings. The van der Waals surface area contributed by atoms with Gasteiger partial charge in [-0.1, -0.05) is 146 Å². The molecule has 3 heterocycles. The van der Waals surface area contributed by atoms with Crippen LogP contribution in [0.3, 0.4) is 0 Å². The van der Waals surface area contributed by atoms with Gasteiger partial charge >= 0.3 is 0 Å². The maximum Gasteiger partial charge on any atom is 0.0715 e. The molecular weight excluding hydrogens is 558 g/mol. The molecule has 0 amide bonds. The molecule has 0 N–H and O–H groups in total. The molecule has 3 nitrogen and oxygen atoms in total. The van der Waals surface area contributed by atoms with Gasteiger partial charge in [-0.25, -0.2) is 4.98 Å². The van der Waals surface area contributed by atoms with E-state index in [0.717, 1.165) is 56.3 Å². The molecule has 8 rings (SSSR count). The van der Waals surface area contributed by atoms with Crippen LogP contribution in [0.15, 0.2) is 163 Å². The van der Waals surface area contributed by atoms with Crippen molar-refractivity contribution in [3.63, 3.8) is 0 Å². The van der Waals surface area contributed by atoms with E-state index < -0.39 is 0 Å². The van der Waals surface area contributed by atoms with Crippen molar-refractivity contribution in [3.8, 4) is 33.6 Å². The van der Waals surface area contributed by atoms with Crippen molar-refractivity contribution in [2.24, 2.45) is 10.9 Å². The topological polar surface area (TPSA) is 38.1 Å². The summed E-state index contributed by atoms with van der Waals surface area (Å²) in [5.41, 5.74) is 12.9. The second kappa shape index (κ2) is 12.0. The number of pyridine rings is 2. The summed E-state index contributed by atoms with van der Waals surface area (Å²) >= 11 is 0. The summed E-state index contributed by atoms with van der Waals surface area (Å²) in [5.74, 6) is 0.103. The van der Waals surface area contributed by atoms with E-state index in [1.165, 1.54) is 11.1 Å². The molecule has 0 saturated carbocycles. The van der Waals surface area contributed by atoms with Gasteiger partial charge in [0.2, 0.25) is 0 Å². The second-order valence-electron chi connectivity index (χ2n) is 12.0. The summed E-state index contributed by atoms with van der Waals surface area (Å²) in [5, 5.41) is 0. The van der Waals surface area contributed by atoms with Crippen LogP contribution in [-0.4, -0.2) is 21.7 Å². The van der Waals surface area contributed by atoms with Crippen LogP contribution in [0.5, 0.6) is 0 Å². The Hall–Kier alpha value is -5.67. The predicted molar refractivity (Wildman–Crippen MR) is 190 cm³/mol. The average molecular weight is 592 g/mol. The van der Waals surface area contributed by atoms with Gasteiger partial charge in [0, 0.05) is 23.0 Å². The Morgan fingerprint density at radius 3 is 1.72 bits per heavy atom. The summed E-state index contributed by atoms with van der Waals surface area (Å²) < 4.78 is 0. The van der Waals surface area contributed by atoms with Crippen molar-refractivity contribution >= 4 is 17.4 Å². The van der Waals surface area contributed by atoms with Crippen LogP contribution in [0.4, 0.5) is 0 Å². The third kappa shape index (κ3) is 5.31. The molecule has 1 aliphatic heterocycles. The highest BCUT2D eigenvalue weighted by atomic mass is 14.9. The van der Waals surface area contributed by atoms with Crippen molar-refractivity contribution in [2.45, 2.75) is 18.9 Å². The van der Waals surface area contributed by atoms with Gasteiger partial charge < -0.3 is 0 Å². The second-order valence-corrected chi connectivity index (χ2v) is 12.0. The van der Waals surface area contributed by atoms with Crippen LogP contribution in [0.2, 0.25) is 0 Å². The fourth-order valence-electron chi connectivity index (χ4n) is 6.72. The fraction of sp³-hybridized carbons (Fsp3) is 0.0930. The van der Waals surface area contributed by atoms with Gasteiger partial charge in [-0.2, -0.15) is 0 Å². The van der Waals surface area contributed by atoms with Gasteiger partial charge in [-0.15, -0.1) is 0 Å². The van der Waals surface area contributed by atoms with E-state index in [2.05, 4.69) is 165 Å². The zero-order chi connectivity index (χ0) is 30.9. The zero-order valence-electron chi connectivity index (χ0n) is 25.7. The molecule has 1 aliphatic carbocycles. The lowest BCUT2D eigenvalue weighted by Crippen LogP contribution is -2.29. The lowest BCUT2D eigenvalue weighted by Gasteiger charge is -2.32. The number of fused-ring (bicyclic) bond motifs is 2. The van der Waals surface area contributed by atoms with E-state index in [1.807, 2.05) is 6.07 Å². The molecular formula is C43H33N3. The van der Waals surface area contributed by atoms with Crippen LogP contribution < -0.4 is 0 Å². The molecule has 0 radical (unpaired) electrons. The molecule has 0 spiro atoms. The van der Waals surface area contributed by atoms with E-state index >= 15 is 0 Å². The first-order valence-corrected chi connectivity index (χ1v) is 15.9. The summed E-state index contributed by atoms with van der Waals surface area (Å²) in [4.78, 5) is 16.1. The van der Waals surface area contributed by atoms with E-state index in [-0.39, 0.29) is 17.9 Å². The number of dihydropyridines is 1. The van der Waals surface area contributed by atoms with E-state index in [0.29, 0.717) is 0 Å². The maximum absolute atomic E-state index is 5.47. The number of aliphatic imine (C=N–C) groups is 1. The third-order valence-electron chi connectivity index (χ3n) is 9.13. The van der Waals surface area contributed by atoms with Crippen LogP contribution in [0.25, 0.3) is 45.3 Å². The molecule has 46 heavy (non-hydrogen) atoms. The van der Waals surface area contributed by atoms with Crippen LogP contribution >= 0.6 is 0 Å². The Kier molecular flexibility index (Phi) is 7.28. The monoisotopic (exact) mass is 591 g/mol. The summed E-state index contributed by atoms with van der Waals surface area (Å²) in [6.45, 7) is 2.28. The van der Waals surface area contributed by atoms with Crippen molar-refractivity contribution in [1.82, 2.24) is 9.97 Å². The highest BCUT2D eigenvalue weighted by molar-refractivity contribution is 6.13. The first-order chi connectivity index (χ1) is 22.7. The molecule has 4 aromatic carbocycles. The van der Waals surface area contributed by atoms with Gasteiger partial charge in [0.25, 0.3) is 0 Å². The van der Waals surface area contributed by atoms with Crippen LogP contribution in [0.1, 0.15) is 35.4 Å². The largest absolute Gasteiger partial charge is 0.280 e. The minimum absolute atomic E-state index is 0.0268. The van der Waals surface area contributed by atoms with Crippen molar-refractivity contribution < 1.29 is 0 Å². The number of rotatable bonds is 5. The first-order valence-electron chi connectivity index (χ1n) is 15.9. The van der Waals surface area contributed by atoms with Crippen molar-refractivity contribution in [1.29, 1.82) is 0 Å². The molecule has 220 valence electrons. The number of hydrogen-bond donors (Lipinski definition) is 0. The first kappa shape index (κ1) is 27.8. The lowest BCUT2D eigenvalue weighted by molar-refractivity contribution is 0.505. The molecule has 6 aromatic rings. The lowest BCUT2D eigenvalue weighted by atomic mass is 9.79. The minimum Gasteiger partial charge on any atom is -0.280 e. The van der Waals surface area contributed by atoms with Gasteiger partial charge in [0.15, 0.2) is 0 Å². The quantitative estimate of drug-likeness (QED) is 0.200. The molecule has 2 aromatic heterocycles. The van der Waals surface area contributed by atoms with Crippen molar-refractivity contribution in [2.75, 3.05) is 0 Å². The van der Waals surface area contributed by atoms with E-state index in [9.17, 15) is 0 Å². The number of aromatic nitrogens is 2. The third-order valence-corrected chi connectivity index (χ3v) is 9.13. The Morgan fingerprint density at radius 1 is 0.500 bits per heavy atom. The number of hydrogen-bond acceptors (Lipinski definition) is 3.